The van der Waals surface area contributed by atoms with E-state index in [0.717, 1.165) is 0 Å². The third kappa shape index (κ3) is 3.75. The van der Waals surface area contributed by atoms with Crippen LogP contribution in [0.2, 0.25) is 6.55 Å². The average Bonchev–Trinajstić information content (AvgIpc) is 3.27. The molecule has 2 unspecified atom stereocenters. The van der Waals surface area contributed by atoms with E-state index in [1.54, 1.807) is 26.1 Å². The van der Waals surface area contributed by atoms with Gasteiger partial charge in [-0.25, -0.2) is 0 Å². The van der Waals surface area contributed by atoms with Gasteiger partial charge in [0.05, 0.1) is 0 Å². The van der Waals surface area contributed by atoms with Crippen LogP contribution in [-0.2, 0) is 15.8 Å². The Kier molecular flexibility index (Phi) is 7.56. The largest absolute Gasteiger partial charge is 1.00 e. The number of fused-ring (bicyclic) bond motifs is 2. The first-order valence-electron chi connectivity index (χ1n) is 10.8. The SMILES string of the molecule is C[SiH2][Ti]([c]1ccccc1)([CH]1C(C)=Cc2ccccc21)[CH]1C(C)=Cc2ccccc21.[Cl-].[Cl-]. The Morgan fingerprint density at radius 3 is 1.48 bits per heavy atom. The fraction of sp³-hybridized carbons (Fsp3) is 0.185. The predicted octanol–water partition coefficient (Wildman–Crippen LogP) is -0.0779. The summed E-state index contributed by atoms with van der Waals surface area (Å²) in [6, 6.07) is 30.0. The van der Waals surface area contributed by atoms with E-state index in [4.69, 9.17) is 0 Å². The molecule has 0 spiro atoms. The number of hydrogen-bond donors (Lipinski definition) is 0. The van der Waals surface area contributed by atoms with Crippen molar-refractivity contribution < 1.29 is 40.7 Å². The zero-order chi connectivity index (χ0) is 20.0. The Hall–Kier alpha value is -1.35. The van der Waals surface area contributed by atoms with E-state index in [1.165, 1.54) is 11.1 Å². The van der Waals surface area contributed by atoms with E-state index >= 15 is 0 Å². The van der Waals surface area contributed by atoms with Crippen LogP contribution in [0.5, 0.6) is 0 Å². The number of halogens is 2. The molecule has 2 aliphatic carbocycles. The summed E-state index contributed by atoms with van der Waals surface area (Å²) in [7, 11) is -0.273. The Bertz CT molecular complexity index is 1070. The molecule has 4 heteroatoms. The molecule has 31 heavy (non-hydrogen) atoms. The number of hydrogen-bond acceptors (Lipinski definition) is 0. The second-order valence-corrected chi connectivity index (χ2v) is 23.5. The van der Waals surface area contributed by atoms with Crippen molar-refractivity contribution in [3.05, 3.63) is 112 Å². The second-order valence-electron chi connectivity index (χ2n) is 8.66. The molecular formula is C27H28Cl2SiTi-2. The van der Waals surface area contributed by atoms with Crippen LogP contribution in [0.3, 0.4) is 0 Å². The van der Waals surface area contributed by atoms with E-state index in [0.29, 0.717) is 8.45 Å². The van der Waals surface area contributed by atoms with Gasteiger partial charge in [-0.3, -0.25) is 0 Å². The summed E-state index contributed by atoms with van der Waals surface area (Å²) >= 11 is -2.62. The van der Waals surface area contributed by atoms with Crippen LogP contribution in [0.4, 0.5) is 0 Å². The molecule has 5 rings (SSSR count). The molecule has 3 aromatic carbocycles. The summed E-state index contributed by atoms with van der Waals surface area (Å²) in [6.45, 7) is 7.41. The smallest absolute Gasteiger partial charge is 1.00 e. The standard InChI is InChI=1S/2C10H9.C6H5.CH5Si.2ClH.Ti/c2*1-8-6-9-4-2-3-5-10(9)7-8;1-2-4-6-5-3-1;1-2;;;/h2*2-7H,1H3;1-5H;2H2,1H3;2*1H;/p-2. The van der Waals surface area contributed by atoms with Crippen LogP contribution in [0, 0.1) is 0 Å². The molecule has 3 aromatic rings. The van der Waals surface area contributed by atoms with Crippen molar-refractivity contribution in [3.8, 4) is 0 Å². The van der Waals surface area contributed by atoms with Gasteiger partial charge in [0, 0.05) is 0 Å². The molecule has 0 amide bonds. The molecule has 0 heterocycles. The number of benzene rings is 3. The van der Waals surface area contributed by atoms with E-state index in [2.05, 4.69) is 111 Å². The maximum Gasteiger partial charge on any atom is -1.00 e. The van der Waals surface area contributed by atoms with Crippen molar-refractivity contribution in [1.82, 2.24) is 0 Å². The van der Waals surface area contributed by atoms with Crippen molar-refractivity contribution in [3.63, 3.8) is 0 Å². The van der Waals surface area contributed by atoms with Gasteiger partial charge in [-0.2, -0.15) is 0 Å². The molecular weight excluding hydrogens is 471 g/mol. The third-order valence-electron chi connectivity index (χ3n) is 7.22. The summed E-state index contributed by atoms with van der Waals surface area (Å²) in [4.78, 5) is 0. The van der Waals surface area contributed by atoms with Crippen LogP contribution in [-0.4, -0.2) is 7.39 Å². The summed E-state index contributed by atoms with van der Waals surface area (Å²) < 4.78 is 2.96. The molecule has 0 fully saturated rings. The van der Waals surface area contributed by atoms with Crippen molar-refractivity contribution in [2.75, 3.05) is 0 Å². The molecule has 2 atom stereocenters. The quantitative estimate of drug-likeness (QED) is 0.441. The van der Waals surface area contributed by atoms with Gasteiger partial charge in [0.2, 0.25) is 0 Å². The summed E-state index contributed by atoms with van der Waals surface area (Å²) in [5.74, 6) is 0. The number of allylic oxidation sites excluding steroid dienone is 2. The molecule has 0 radical (unpaired) electrons. The van der Waals surface area contributed by atoms with Crippen LogP contribution >= 0.6 is 0 Å². The van der Waals surface area contributed by atoms with Gasteiger partial charge >= 0.3 is 180 Å². The van der Waals surface area contributed by atoms with Gasteiger partial charge in [0.15, 0.2) is 0 Å². The van der Waals surface area contributed by atoms with Crippen molar-refractivity contribution >= 4 is 23.4 Å². The molecule has 0 saturated carbocycles. The monoisotopic (exact) mass is 498 g/mol. The molecule has 0 bridgehead atoms. The zero-order valence-corrected chi connectivity index (χ0v) is 22.8. The van der Waals surface area contributed by atoms with Gasteiger partial charge in [-0.1, -0.05) is 0 Å². The zero-order valence-electron chi connectivity index (χ0n) is 18.3. The van der Waals surface area contributed by atoms with E-state index < -0.39 is 15.8 Å². The summed E-state index contributed by atoms with van der Waals surface area (Å²) in [6.07, 6.45) is 4.96. The average molecular weight is 499 g/mol. The molecule has 0 aromatic heterocycles. The fourth-order valence-corrected chi connectivity index (χ4v) is 26.8. The molecule has 0 saturated heterocycles. The van der Waals surface area contributed by atoms with Gasteiger partial charge < -0.3 is 24.8 Å². The van der Waals surface area contributed by atoms with Crippen molar-refractivity contribution in [1.29, 1.82) is 0 Å². The van der Waals surface area contributed by atoms with E-state index in [9.17, 15) is 0 Å². The van der Waals surface area contributed by atoms with Gasteiger partial charge in [0.25, 0.3) is 0 Å². The van der Waals surface area contributed by atoms with E-state index in [-0.39, 0.29) is 32.2 Å². The van der Waals surface area contributed by atoms with Crippen LogP contribution in [0.15, 0.2) is 90.0 Å². The molecule has 0 N–H and O–H groups in total. The molecule has 0 nitrogen and oxygen atoms in total. The fourth-order valence-electron chi connectivity index (χ4n) is 6.19. The van der Waals surface area contributed by atoms with Gasteiger partial charge in [-0.15, -0.1) is 0 Å². The first-order chi connectivity index (χ1) is 14.2. The maximum absolute atomic E-state index is 2.62. The van der Waals surface area contributed by atoms with Gasteiger partial charge in [0.1, 0.15) is 0 Å². The molecule has 2 aliphatic rings. The van der Waals surface area contributed by atoms with E-state index in [1.807, 2.05) is 0 Å². The Balaban J connectivity index is 0.00000136. The Morgan fingerprint density at radius 2 is 1.03 bits per heavy atom. The minimum atomic E-state index is -2.62. The van der Waals surface area contributed by atoms with Crippen LogP contribution in [0.1, 0.15) is 44.5 Å². The minimum absolute atomic E-state index is 0. The number of rotatable bonds is 4. The minimum Gasteiger partial charge on any atom is -1.00 e. The van der Waals surface area contributed by atoms with Gasteiger partial charge in [-0.05, 0) is 0 Å². The third-order valence-corrected chi connectivity index (χ3v) is 26.7. The topological polar surface area (TPSA) is 0 Å². The Morgan fingerprint density at radius 1 is 0.613 bits per heavy atom. The summed E-state index contributed by atoms with van der Waals surface area (Å²) in [5.41, 5.74) is 9.30. The molecule has 0 aliphatic heterocycles. The summed E-state index contributed by atoms with van der Waals surface area (Å²) in [5, 5.41) is 0. The van der Waals surface area contributed by atoms with Crippen LogP contribution < -0.4 is 28.7 Å². The van der Waals surface area contributed by atoms with Crippen LogP contribution in [0.25, 0.3) is 12.2 Å². The molecule has 160 valence electrons. The normalized spacial score (nSPS) is 20.7. The maximum atomic E-state index is 2.61. The van der Waals surface area contributed by atoms with Crippen molar-refractivity contribution in [2.24, 2.45) is 0 Å². The second kappa shape index (κ2) is 9.65. The predicted molar refractivity (Wildman–Crippen MR) is 126 cm³/mol. The Labute approximate surface area is 204 Å². The first kappa shape index (κ1) is 24.3. The first-order valence-corrected chi connectivity index (χ1v) is 18.8. The van der Waals surface area contributed by atoms with Crippen molar-refractivity contribution in [2.45, 2.75) is 28.8 Å².